The summed E-state index contributed by atoms with van der Waals surface area (Å²) in [5.74, 6) is -0.0497. The molecule has 0 spiro atoms. The van der Waals surface area contributed by atoms with Gasteiger partial charge in [-0.3, -0.25) is 4.79 Å². The number of imidazole rings is 1. The Labute approximate surface area is 157 Å². The first-order valence-corrected chi connectivity index (χ1v) is 8.47. The van der Waals surface area contributed by atoms with E-state index >= 15 is 0 Å². The number of aromatic amines is 1. The summed E-state index contributed by atoms with van der Waals surface area (Å²) in [4.78, 5) is 26.8. The summed E-state index contributed by atoms with van der Waals surface area (Å²) in [5, 5.41) is 16.9. The molecule has 0 radical (unpaired) electrons. The number of nitrogens with one attached hydrogen (secondary N) is 2. The van der Waals surface area contributed by atoms with Crippen molar-refractivity contribution in [3.63, 3.8) is 0 Å². The lowest BCUT2D eigenvalue weighted by Crippen LogP contribution is -2.20. The molecule has 0 aliphatic carbocycles. The fourth-order valence-corrected chi connectivity index (χ4v) is 2.84. The van der Waals surface area contributed by atoms with Crippen LogP contribution in [0.5, 0.6) is 0 Å². The number of fused-ring (bicyclic) bond motifs is 1. The van der Waals surface area contributed by atoms with E-state index in [1.54, 1.807) is 35.8 Å². The van der Waals surface area contributed by atoms with Gasteiger partial charge in [0.05, 0.1) is 30.2 Å². The van der Waals surface area contributed by atoms with Gasteiger partial charge in [-0.2, -0.15) is 0 Å². The van der Waals surface area contributed by atoms with Crippen LogP contribution in [0.25, 0.3) is 17.0 Å². The molecule has 0 aliphatic heterocycles. The van der Waals surface area contributed by atoms with Crippen molar-refractivity contribution in [3.05, 3.63) is 70.4 Å². The van der Waals surface area contributed by atoms with E-state index in [1.807, 2.05) is 0 Å². The smallest absolute Gasteiger partial charge is 0.253 e. The van der Waals surface area contributed by atoms with Gasteiger partial charge in [0.1, 0.15) is 23.7 Å². The van der Waals surface area contributed by atoms with Crippen molar-refractivity contribution in [1.29, 1.82) is 0 Å². The predicted molar refractivity (Wildman–Crippen MR) is 99.0 cm³/mol. The molecule has 0 aromatic carbocycles. The van der Waals surface area contributed by atoms with Crippen LogP contribution < -0.4 is 10.9 Å². The van der Waals surface area contributed by atoms with E-state index in [4.69, 9.17) is 0 Å². The zero-order chi connectivity index (χ0) is 19.7. The quantitative estimate of drug-likeness (QED) is 0.481. The molecule has 1 atom stereocenters. The summed E-state index contributed by atoms with van der Waals surface area (Å²) in [5.41, 5.74) is 2.14. The standard InChI is InChI=1S/C18H16FN7O2/c1-10(13-4-11(19)6-21-18(13)28)24-16-2-3-17-20-7-15(26(17)25-16)14-5-12(8-27)22-9-23-14/h2-7,9-10,27H,8H2,1H3,(H,21,28)(H,24,25)/t10-/m1/s1. The lowest BCUT2D eigenvalue weighted by Gasteiger charge is -2.14. The number of rotatable bonds is 5. The minimum Gasteiger partial charge on any atom is -0.390 e. The summed E-state index contributed by atoms with van der Waals surface area (Å²) < 4.78 is 15.1. The minimum absolute atomic E-state index is 0.202. The number of aliphatic hydroxyl groups excluding tert-OH is 1. The van der Waals surface area contributed by atoms with Gasteiger partial charge in [0.15, 0.2) is 5.65 Å². The van der Waals surface area contributed by atoms with Crippen LogP contribution in [0.1, 0.15) is 24.2 Å². The van der Waals surface area contributed by atoms with Crippen molar-refractivity contribution in [2.75, 3.05) is 5.32 Å². The van der Waals surface area contributed by atoms with Crippen molar-refractivity contribution >= 4 is 11.5 Å². The molecule has 4 aromatic heterocycles. The molecule has 0 amide bonds. The van der Waals surface area contributed by atoms with Crippen molar-refractivity contribution < 1.29 is 9.50 Å². The number of halogens is 1. The first-order valence-electron chi connectivity index (χ1n) is 8.47. The molecule has 3 N–H and O–H groups in total. The van der Waals surface area contributed by atoms with Crippen molar-refractivity contribution in [2.24, 2.45) is 0 Å². The zero-order valence-electron chi connectivity index (χ0n) is 14.8. The van der Waals surface area contributed by atoms with Gasteiger partial charge in [-0.25, -0.2) is 23.9 Å². The van der Waals surface area contributed by atoms with Crippen LogP contribution in [0.2, 0.25) is 0 Å². The Hall–Kier alpha value is -3.66. The van der Waals surface area contributed by atoms with E-state index in [2.05, 4.69) is 30.4 Å². The van der Waals surface area contributed by atoms with Gasteiger partial charge in [0.25, 0.3) is 5.56 Å². The molecule has 142 valence electrons. The van der Waals surface area contributed by atoms with E-state index < -0.39 is 11.9 Å². The third kappa shape index (κ3) is 3.32. The Bertz CT molecular complexity index is 1200. The summed E-state index contributed by atoms with van der Waals surface area (Å²) in [7, 11) is 0. The van der Waals surface area contributed by atoms with Gasteiger partial charge in [0.2, 0.25) is 0 Å². The van der Waals surface area contributed by atoms with Crippen molar-refractivity contribution in [1.82, 2.24) is 29.5 Å². The third-order valence-electron chi connectivity index (χ3n) is 4.24. The van der Waals surface area contributed by atoms with E-state index in [9.17, 15) is 14.3 Å². The molecule has 0 aliphatic rings. The molecule has 28 heavy (non-hydrogen) atoms. The van der Waals surface area contributed by atoms with Gasteiger partial charge >= 0.3 is 0 Å². The molecule has 0 bridgehead atoms. The van der Waals surface area contributed by atoms with Crippen LogP contribution in [0.15, 0.2) is 47.8 Å². The molecule has 0 saturated carbocycles. The predicted octanol–water partition coefficient (Wildman–Crippen LogP) is 1.68. The molecule has 4 heterocycles. The Morgan fingerprint density at radius 3 is 2.96 bits per heavy atom. The Balaban J connectivity index is 1.69. The van der Waals surface area contributed by atoms with Crippen LogP contribution in [0.3, 0.4) is 0 Å². The molecule has 4 aromatic rings. The Kier molecular flexibility index (Phi) is 4.53. The van der Waals surface area contributed by atoms with Crippen LogP contribution in [-0.2, 0) is 6.61 Å². The van der Waals surface area contributed by atoms with E-state index in [0.717, 1.165) is 6.20 Å². The van der Waals surface area contributed by atoms with Crippen LogP contribution >= 0.6 is 0 Å². The second kappa shape index (κ2) is 7.16. The van der Waals surface area contributed by atoms with E-state index in [0.29, 0.717) is 28.5 Å². The molecule has 0 fully saturated rings. The largest absolute Gasteiger partial charge is 0.390 e. The second-order valence-electron chi connectivity index (χ2n) is 6.15. The highest BCUT2D eigenvalue weighted by Gasteiger charge is 2.14. The SMILES string of the molecule is C[C@@H](Nc1ccc2ncc(-c3cc(CO)ncn3)n2n1)c1cc(F)c[nH]c1=O. The van der Waals surface area contributed by atoms with Gasteiger partial charge in [0, 0.05) is 11.8 Å². The highest BCUT2D eigenvalue weighted by atomic mass is 19.1. The molecule has 10 heteroatoms. The Morgan fingerprint density at radius 1 is 1.29 bits per heavy atom. The maximum Gasteiger partial charge on any atom is 0.253 e. The van der Waals surface area contributed by atoms with Crippen LogP contribution in [0, 0.1) is 5.82 Å². The lowest BCUT2D eigenvalue weighted by atomic mass is 10.1. The van der Waals surface area contributed by atoms with Crippen molar-refractivity contribution in [3.8, 4) is 11.4 Å². The molecule has 0 unspecified atom stereocenters. The first-order chi connectivity index (χ1) is 13.5. The lowest BCUT2D eigenvalue weighted by molar-refractivity contribution is 0.276. The average Bonchev–Trinajstić information content (AvgIpc) is 3.13. The molecule has 0 saturated heterocycles. The third-order valence-corrected chi connectivity index (χ3v) is 4.24. The average molecular weight is 381 g/mol. The van der Waals surface area contributed by atoms with Gasteiger partial charge in [-0.05, 0) is 31.2 Å². The van der Waals surface area contributed by atoms with Gasteiger partial charge in [-0.1, -0.05) is 0 Å². The number of hydrogen-bond acceptors (Lipinski definition) is 7. The number of H-pyrrole nitrogens is 1. The number of pyridine rings is 1. The Morgan fingerprint density at radius 2 is 2.14 bits per heavy atom. The first kappa shape index (κ1) is 17.7. The molecule has 4 rings (SSSR count). The van der Waals surface area contributed by atoms with Crippen LogP contribution in [0.4, 0.5) is 10.2 Å². The summed E-state index contributed by atoms with van der Waals surface area (Å²) in [6.45, 7) is 1.54. The molecular weight excluding hydrogens is 365 g/mol. The summed E-state index contributed by atoms with van der Waals surface area (Å²) in [6, 6.07) is 5.84. The maximum absolute atomic E-state index is 13.5. The number of aliphatic hydroxyl groups is 1. The minimum atomic E-state index is -0.521. The van der Waals surface area contributed by atoms with Crippen LogP contribution in [-0.4, -0.2) is 34.7 Å². The van der Waals surface area contributed by atoms with E-state index in [1.165, 1.54) is 12.4 Å². The normalized spacial score (nSPS) is 12.2. The number of anilines is 1. The van der Waals surface area contributed by atoms with Gasteiger partial charge < -0.3 is 15.4 Å². The highest BCUT2D eigenvalue weighted by Crippen LogP contribution is 2.21. The number of aromatic nitrogens is 6. The fraction of sp³-hybridized carbons (Fsp3) is 0.167. The number of nitrogens with zero attached hydrogens (tertiary/aromatic N) is 5. The summed E-state index contributed by atoms with van der Waals surface area (Å²) >= 11 is 0. The maximum atomic E-state index is 13.5. The monoisotopic (exact) mass is 381 g/mol. The summed E-state index contributed by atoms with van der Waals surface area (Å²) in [6.07, 6.45) is 4.00. The number of hydrogen-bond donors (Lipinski definition) is 3. The topological polar surface area (TPSA) is 121 Å². The molecule has 9 nitrogen and oxygen atoms in total. The van der Waals surface area contributed by atoms with Gasteiger partial charge in [-0.15, -0.1) is 5.10 Å². The highest BCUT2D eigenvalue weighted by molar-refractivity contribution is 5.60. The second-order valence-corrected chi connectivity index (χ2v) is 6.15. The van der Waals surface area contributed by atoms with E-state index in [-0.39, 0.29) is 17.7 Å². The zero-order valence-corrected chi connectivity index (χ0v) is 14.8. The molecular formula is C18H16FN7O2. The van der Waals surface area contributed by atoms with Crippen molar-refractivity contribution in [2.45, 2.75) is 19.6 Å². The fourth-order valence-electron chi connectivity index (χ4n) is 2.84.